The molecule has 2 rings (SSSR count). The predicted molar refractivity (Wildman–Crippen MR) is 112 cm³/mol. The molecule has 0 saturated heterocycles. The molecule has 1 aromatic heterocycles. The molecule has 0 aliphatic carbocycles. The highest BCUT2D eigenvalue weighted by atomic mass is 28.4. The molecule has 1 aromatic rings. The summed E-state index contributed by atoms with van der Waals surface area (Å²) in [7, 11) is -1.73. The van der Waals surface area contributed by atoms with Crippen LogP contribution in [0.4, 0.5) is 0 Å². The van der Waals surface area contributed by atoms with Gasteiger partial charge in [-0.05, 0) is 62.5 Å². The summed E-state index contributed by atoms with van der Waals surface area (Å²) in [5, 5.41) is 0.223. The number of carbonyl (C=O) groups is 1. The molecule has 1 aliphatic heterocycles. The highest BCUT2D eigenvalue weighted by Crippen LogP contribution is 2.36. The fourth-order valence-electron chi connectivity index (χ4n) is 3.19. The van der Waals surface area contributed by atoms with Crippen LogP contribution >= 0.6 is 0 Å². The SMILES string of the molecule is CCOC(=O)c1cc(C)c2c(n1)CN(CCO[Si](C)(C)C(C)(C)C)C(C)C2. The van der Waals surface area contributed by atoms with E-state index in [1.54, 1.807) is 0 Å². The van der Waals surface area contributed by atoms with Crippen LogP contribution in [0.2, 0.25) is 18.1 Å². The maximum atomic E-state index is 12.1. The Bertz CT molecular complexity index is 683. The summed E-state index contributed by atoms with van der Waals surface area (Å²) < 4.78 is 11.5. The summed E-state index contributed by atoms with van der Waals surface area (Å²) in [6.45, 7) is 20.3. The van der Waals surface area contributed by atoms with Crippen LogP contribution in [0.15, 0.2) is 6.07 Å². The molecule has 1 atom stereocenters. The lowest BCUT2D eigenvalue weighted by molar-refractivity contribution is 0.0518. The van der Waals surface area contributed by atoms with Gasteiger partial charge in [-0.25, -0.2) is 9.78 Å². The molecule has 0 bridgehead atoms. The van der Waals surface area contributed by atoms with E-state index in [0.717, 1.165) is 37.4 Å². The first kappa shape index (κ1) is 22.1. The van der Waals surface area contributed by atoms with E-state index >= 15 is 0 Å². The number of pyridine rings is 1. The highest BCUT2D eigenvalue weighted by Gasteiger charge is 2.37. The summed E-state index contributed by atoms with van der Waals surface area (Å²) in [4.78, 5) is 19.1. The molecule has 0 saturated carbocycles. The van der Waals surface area contributed by atoms with Crippen molar-refractivity contribution >= 4 is 14.3 Å². The molecule has 0 amide bonds. The van der Waals surface area contributed by atoms with Crippen molar-refractivity contribution in [2.24, 2.45) is 0 Å². The van der Waals surface area contributed by atoms with E-state index in [4.69, 9.17) is 9.16 Å². The minimum absolute atomic E-state index is 0.223. The van der Waals surface area contributed by atoms with Gasteiger partial charge in [0.1, 0.15) is 5.69 Å². The number of hydrogen-bond donors (Lipinski definition) is 0. The van der Waals surface area contributed by atoms with E-state index in [0.29, 0.717) is 18.3 Å². The fourth-order valence-corrected chi connectivity index (χ4v) is 4.23. The first-order valence-corrected chi connectivity index (χ1v) is 12.9. The van der Waals surface area contributed by atoms with Crippen LogP contribution < -0.4 is 0 Å². The highest BCUT2D eigenvalue weighted by molar-refractivity contribution is 6.74. The van der Waals surface area contributed by atoms with Crippen LogP contribution in [0, 0.1) is 6.92 Å². The van der Waals surface area contributed by atoms with Gasteiger partial charge in [-0.2, -0.15) is 0 Å². The van der Waals surface area contributed by atoms with Gasteiger partial charge in [-0.1, -0.05) is 20.8 Å². The lowest BCUT2D eigenvalue weighted by atomic mass is 9.94. The third-order valence-corrected chi connectivity index (χ3v) is 10.6. The summed E-state index contributed by atoms with van der Waals surface area (Å²) in [5.74, 6) is -0.338. The largest absolute Gasteiger partial charge is 0.461 e. The molecule has 0 N–H and O–H groups in total. The Kier molecular flexibility index (Phi) is 6.87. The minimum Gasteiger partial charge on any atom is -0.461 e. The second-order valence-electron chi connectivity index (χ2n) is 9.10. The van der Waals surface area contributed by atoms with Gasteiger partial charge in [0.2, 0.25) is 0 Å². The normalized spacial score (nSPS) is 18.3. The number of aryl methyl sites for hydroxylation is 1. The molecule has 27 heavy (non-hydrogen) atoms. The van der Waals surface area contributed by atoms with Crippen LogP contribution in [0.1, 0.15) is 61.9 Å². The van der Waals surface area contributed by atoms with Crippen molar-refractivity contribution in [2.75, 3.05) is 19.8 Å². The van der Waals surface area contributed by atoms with Gasteiger partial charge in [0.25, 0.3) is 0 Å². The van der Waals surface area contributed by atoms with Crippen molar-refractivity contribution in [1.29, 1.82) is 0 Å². The van der Waals surface area contributed by atoms with E-state index < -0.39 is 8.32 Å². The Morgan fingerprint density at radius 3 is 2.63 bits per heavy atom. The van der Waals surface area contributed by atoms with Crippen molar-refractivity contribution in [3.63, 3.8) is 0 Å². The van der Waals surface area contributed by atoms with Gasteiger partial charge in [0.05, 0.1) is 12.3 Å². The minimum atomic E-state index is -1.73. The van der Waals surface area contributed by atoms with E-state index in [1.165, 1.54) is 5.56 Å². The van der Waals surface area contributed by atoms with Gasteiger partial charge in [-0.3, -0.25) is 4.90 Å². The average Bonchev–Trinajstić information content (AvgIpc) is 2.55. The molecular weight excluding hydrogens is 356 g/mol. The standard InChI is InChI=1S/C21H36N2O3Si/c1-9-25-20(24)18-12-15(2)17-13-16(3)23(14-19(17)22-18)10-11-26-27(7,8)21(4,5)6/h12,16H,9-11,13-14H2,1-8H3. The molecule has 0 aromatic carbocycles. The molecule has 5 nitrogen and oxygen atoms in total. The van der Waals surface area contributed by atoms with Gasteiger partial charge in [0, 0.05) is 25.7 Å². The van der Waals surface area contributed by atoms with Crippen LogP contribution in [-0.4, -0.2) is 50.0 Å². The van der Waals surface area contributed by atoms with Crippen LogP contribution in [0.25, 0.3) is 0 Å². The lowest BCUT2D eigenvalue weighted by Crippen LogP contribution is -2.45. The molecule has 0 spiro atoms. The zero-order valence-electron chi connectivity index (χ0n) is 18.3. The predicted octanol–water partition coefficient (Wildman–Crippen LogP) is 4.34. The van der Waals surface area contributed by atoms with Gasteiger partial charge in [0.15, 0.2) is 8.32 Å². The third-order valence-electron chi connectivity index (χ3n) is 6.04. The molecule has 0 fully saturated rings. The van der Waals surface area contributed by atoms with Crippen molar-refractivity contribution in [2.45, 2.75) is 78.7 Å². The quantitative estimate of drug-likeness (QED) is 0.532. The van der Waals surface area contributed by atoms with Crippen molar-refractivity contribution in [3.8, 4) is 0 Å². The van der Waals surface area contributed by atoms with Crippen LogP contribution in [-0.2, 0) is 22.1 Å². The summed E-state index contributed by atoms with van der Waals surface area (Å²) in [5.41, 5.74) is 3.83. The first-order chi connectivity index (χ1) is 12.5. The number of aromatic nitrogens is 1. The number of carbonyl (C=O) groups excluding carboxylic acids is 1. The van der Waals surface area contributed by atoms with Crippen molar-refractivity contribution < 1.29 is 14.0 Å². The fraction of sp³-hybridized carbons (Fsp3) is 0.714. The number of rotatable bonds is 6. The second-order valence-corrected chi connectivity index (χ2v) is 13.9. The molecule has 1 aliphatic rings. The number of hydrogen-bond acceptors (Lipinski definition) is 5. The zero-order chi connectivity index (χ0) is 20.4. The van der Waals surface area contributed by atoms with Gasteiger partial charge in [-0.15, -0.1) is 0 Å². The lowest BCUT2D eigenvalue weighted by Gasteiger charge is -2.39. The zero-order valence-corrected chi connectivity index (χ0v) is 19.3. The molecular formula is C21H36N2O3Si. The van der Waals surface area contributed by atoms with Crippen LogP contribution in [0.5, 0.6) is 0 Å². The molecule has 1 unspecified atom stereocenters. The first-order valence-electron chi connectivity index (χ1n) is 10.0. The van der Waals surface area contributed by atoms with E-state index in [-0.39, 0.29) is 11.0 Å². The Hall–Kier alpha value is -1.24. The van der Waals surface area contributed by atoms with E-state index in [9.17, 15) is 4.79 Å². The second kappa shape index (κ2) is 8.41. The summed E-state index contributed by atoms with van der Waals surface area (Å²) >= 11 is 0. The number of fused-ring (bicyclic) bond motifs is 1. The maximum absolute atomic E-state index is 12.1. The van der Waals surface area contributed by atoms with Gasteiger partial charge >= 0.3 is 5.97 Å². The average molecular weight is 393 g/mol. The number of esters is 1. The van der Waals surface area contributed by atoms with Crippen molar-refractivity contribution in [1.82, 2.24) is 9.88 Å². The maximum Gasteiger partial charge on any atom is 0.356 e. The monoisotopic (exact) mass is 392 g/mol. The van der Waals surface area contributed by atoms with Crippen LogP contribution in [0.3, 0.4) is 0 Å². The topological polar surface area (TPSA) is 51.7 Å². The molecule has 2 heterocycles. The Morgan fingerprint density at radius 2 is 2.04 bits per heavy atom. The number of nitrogens with zero attached hydrogens (tertiary/aromatic N) is 2. The Balaban J connectivity index is 2.09. The van der Waals surface area contributed by atoms with Crippen molar-refractivity contribution in [3.05, 3.63) is 28.6 Å². The van der Waals surface area contributed by atoms with Gasteiger partial charge < -0.3 is 9.16 Å². The summed E-state index contributed by atoms with van der Waals surface area (Å²) in [6, 6.07) is 2.30. The number of ether oxygens (including phenoxy) is 1. The van der Waals surface area contributed by atoms with E-state index in [2.05, 4.69) is 57.6 Å². The smallest absolute Gasteiger partial charge is 0.356 e. The molecule has 0 radical (unpaired) electrons. The third kappa shape index (κ3) is 5.18. The summed E-state index contributed by atoms with van der Waals surface area (Å²) in [6.07, 6.45) is 0.956. The Labute approximate surface area is 165 Å². The molecule has 6 heteroatoms. The van der Waals surface area contributed by atoms with E-state index in [1.807, 2.05) is 13.0 Å². The molecule has 152 valence electrons. The Morgan fingerprint density at radius 1 is 1.37 bits per heavy atom.